The topological polar surface area (TPSA) is 59.6 Å². The standard InChI is InChI=1S/C16H22N2O3/c19-16(18-11-12-3-1-6-17-10-12)13-4-5-14-15(9-13)21-8-2-7-20-14/h4-5,9,12,17H,1-3,6-8,10-11H2,(H,18,19). The summed E-state index contributed by atoms with van der Waals surface area (Å²) in [7, 11) is 0. The third-order valence-electron chi connectivity index (χ3n) is 3.96. The average Bonchev–Trinajstić information content (AvgIpc) is 2.78. The van der Waals surface area contributed by atoms with Crippen LogP contribution in [0.4, 0.5) is 0 Å². The molecular weight excluding hydrogens is 268 g/mol. The van der Waals surface area contributed by atoms with Gasteiger partial charge in [0.15, 0.2) is 11.5 Å². The number of fused-ring (bicyclic) bond motifs is 1. The number of rotatable bonds is 3. The van der Waals surface area contributed by atoms with E-state index < -0.39 is 0 Å². The van der Waals surface area contributed by atoms with Crippen molar-refractivity contribution in [3.05, 3.63) is 23.8 Å². The van der Waals surface area contributed by atoms with Gasteiger partial charge in [0.05, 0.1) is 13.2 Å². The Kier molecular flexibility index (Phi) is 4.60. The van der Waals surface area contributed by atoms with Crippen LogP contribution >= 0.6 is 0 Å². The summed E-state index contributed by atoms with van der Waals surface area (Å²) in [6, 6.07) is 5.38. The molecule has 2 N–H and O–H groups in total. The molecule has 1 saturated heterocycles. The number of ether oxygens (including phenoxy) is 2. The first kappa shape index (κ1) is 14.2. The van der Waals surface area contributed by atoms with Crippen LogP contribution in [0.5, 0.6) is 11.5 Å². The minimum absolute atomic E-state index is 0.0452. The van der Waals surface area contributed by atoms with E-state index in [0.717, 1.165) is 31.8 Å². The van der Waals surface area contributed by atoms with Crippen molar-refractivity contribution in [1.82, 2.24) is 10.6 Å². The van der Waals surface area contributed by atoms with E-state index in [1.165, 1.54) is 12.8 Å². The highest BCUT2D eigenvalue weighted by molar-refractivity contribution is 5.94. The van der Waals surface area contributed by atoms with Gasteiger partial charge < -0.3 is 20.1 Å². The van der Waals surface area contributed by atoms with Gasteiger partial charge in [-0.2, -0.15) is 0 Å². The summed E-state index contributed by atoms with van der Waals surface area (Å²) in [4.78, 5) is 12.2. The lowest BCUT2D eigenvalue weighted by Gasteiger charge is -2.22. The minimum Gasteiger partial charge on any atom is -0.490 e. The third kappa shape index (κ3) is 3.67. The summed E-state index contributed by atoms with van der Waals surface area (Å²) in [5.41, 5.74) is 0.628. The van der Waals surface area contributed by atoms with E-state index in [2.05, 4.69) is 10.6 Å². The van der Waals surface area contributed by atoms with Gasteiger partial charge in [-0.05, 0) is 50.0 Å². The predicted molar refractivity (Wildman–Crippen MR) is 80.0 cm³/mol. The average molecular weight is 290 g/mol. The molecule has 1 fully saturated rings. The van der Waals surface area contributed by atoms with Crippen molar-refractivity contribution in [2.45, 2.75) is 19.3 Å². The van der Waals surface area contributed by atoms with Crippen molar-refractivity contribution in [2.75, 3.05) is 32.8 Å². The molecule has 21 heavy (non-hydrogen) atoms. The second-order valence-electron chi connectivity index (χ2n) is 5.63. The van der Waals surface area contributed by atoms with E-state index in [0.29, 0.717) is 30.4 Å². The van der Waals surface area contributed by atoms with Crippen LogP contribution in [0.2, 0.25) is 0 Å². The van der Waals surface area contributed by atoms with Crippen molar-refractivity contribution in [3.8, 4) is 11.5 Å². The third-order valence-corrected chi connectivity index (χ3v) is 3.96. The number of hydrogen-bond acceptors (Lipinski definition) is 4. The number of amides is 1. The van der Waals surface area contributed by atoms with E-state index in [1.807, 2.05) is 6.07 Å². The lowest BCUT2D eigenvalue weighted by atomic mass is 9.99. The Labute approximate surface area is 125 Å². The molecule has 0 saturated carbocycles. The van der Waals surface area contributed by atoms with Gasteiger partial charge in [0.25, 0.3) is 5.91 Å². The fourth-order valence-electron chi connectivity index (χ4n) is 2.74. The number of carbonyl (C=O) groups is 1. The van der Waals surface area contributed by atoms with Gasteiger partial charge in [0.1, 0.15) is 0 Å². The molecule has 0 aliphatic carbocycles. The molecule has 3 rings (SSSR count). The van der Waals surface area contributed by atoms with Crippen molar-refractivity contribution < 1.29 is 14.3 Å². The molecule has 5 heteroatoms. The molecule has 0 spiro atoms. The first-order chi connectivity index (χ1) is 10.3. The smallest absolute Gasteiger partial charge is 0.251 e. The van der Waals surface area contributed by atoms with Gasteiger partial charge in [-0.3, -0.25) is 4.79 Å². The molecule has 1 amide bonds. The first-order valence-corrected chi connectivity index (χ1v) is 7.71. The second-order valence-corrected chi connectivity index (χ2v) is 5.63. The summed E-state index contributed by atoms with van der Waals surface area (Å²) in [6.07, 6.45) is 3.23. The zero-order valence-electron chi connectivity index (χ0n) is 12.2. The molecule has 1 aromatic rings. The zero-order chi connectivity index (χ0) is 14.5. The highest BCUT2D eigenvalue weighted by atomic mass is 16.5. The molecule has 0 aromatic heterocycles. The largest absolute Gasteiger partial charge is 0.490 e. The van der Waals surface area contributed by atoms with Crippen LogP contribution in [0.25, 0.3) is 0 Å². The highest BCUT2D eigenvalue weighted by Gasteiger charge is 2.16. The van der Waals surface area contributed by atoms with E-state index in [4.69, 9.17) is 9.47 Å². The van der Waals surface area contributed by atoms with Crippen LogP contribution in [-0.2, 0) is 0 Å². The van der Waals surface area contributed by atoms with Gasteiger partial charge in [0.2, 0.25) is 0 Å². The van der Waals surface area contributed by atoms with Crippen molar-refractivity contribution in [2.24, 2.45) is 5.92 Å². The molecule has 0 radical (unpaired) electrons. The summed E-state index contributed by atoms with van der Waals surface area (Å²) in [6.45, 7) is 4.09. The number of carbonyl (C=O) groups excluding carboxylic acids is 1. The minimum atomic E-state index is -0.0452. The normalized spacial score (nSPS) is 21.4. The molecular formula is C16H22N2O3. The van der Waals surface area contributed by atoms with E-state index in [9.17, 15) is 4.79 Å². The molecule has 1 aromatic carbocycles. The van der Waals surface area contributed by atoms with Gasteiger partial charge in [-0.25, -0.2) is 0 Å². The van der Waals surface area contributed by atoms with Gasteiger partial charge >= 0.3 is 0 Å². The van der Waals surface area contributed by atoms with Gasteiger partial charge in [0, 0.05) is 18.5 Å². The van der Waals surface area contributed by atoms with Gasteiger partial charge in [-0.1, -0.05) is 0 Å². The number of benzene rings is 1. The predicted octanol–water partition coefficient (Wildman–Crippen LogP) is 1.58. The van der Waals surface area contributed by atoms with Gasteiger partial charge in [-0.15, -0.1) is 0 Å². The molecule has 2 heterocycles. The maximum absolute atomic E-state index is 12.2. The van der Waals surface area contributed by atoms with Crippen LogP contribution in [0, 0.1) is 5.92 Å². The Morgan fingerprint density at radius 2 is 2.10 bits per heavy atom. The molecule has 1 atom stereocenters. The summed E-state index contributed by atoms with van der Waals surface area (Å²) in [5.74, 6) is 1.87. The monoisotopic (exact) mass is 290 g/mol. The SMILES string of the molecule is O=C(NCC1CCCNC1)c1ccc2c(c1)OCCCO2. The number of nitrogens with one attached hydrogen (secondary N) is 2. The van der Waals surface area contributed by atoms with Crippen LogP contribution in [-0.4, -0.2) is 38.8 Å². The van der Waals surface area contributed by atoms with Crippen LogP contribution in [0.1, 0.15) is 29.6 Å². The van der Waals surface area contributed by atoms with Crippen molar-refractivity contribution in [3.63, 3.8) is 0 Å². The Morgan fingerprint density at radius 1 is 1.24 bits per heavy atom. The van der Waals surface area contributed by atoms with Crippen molar-refractivity contribution in [1.29, 1.82) is 0 Å². The summed E-state index contributed by atoms with van der Waals surface area (Å²) < 4.78 is 11.2. The fraction of sp³-hybridized carbons (Fsp3) is 0.562. The van der Waals surface area contributed by atoms with Crippen molar-refractivity contribution >= 4 is 5.91 Å². The number of hydrogen-bond donors (Lipinski definition) is 2. The van der Waals surface area contributed by atoms with Crippen LogP contribution in [0.3, 0.4) is 0 Å². The fourth-order valence-corrected chi connectivity index (χ4v) is 2.74. The molecule has 2 aliphatic heterocycles. The second kappa shape index (κ2) is 6.80. The summed E-state index contributed by atoms with van der Waals surface area (Å²) in [5, 5.41) is 6.37. The van der Waals surface area contributed by atoms with E-state index in [1.54, 1.807) is 12.1 Å². The molecule has 1 unspecified atom stereocenters. The quantitative estimate of drug-likeness (QED) is 0.887. The molecule has 5 nitrogen and oxygen atoms in total. The highest BCUT2D eigenvalue weighted by Crippen LogP contribution is 2.30. The molecule has 114 valence electrons. The Balaban J connectivity index is 1.60. The number of piperidine rings is 1. The summed E-state index contributed by atoms with van der Waals surface area (Å²) >= 11 is 0. The maximum atomic E-state index is 12.2. The van der Waals surface area contributed by atoms with Crippen LogP contribution < -0.4 is 20.1 Å². The Morgan fingerprint density at radius 3 is 2.90 bits per heavy atom. The lowest BCUT2D eigenvalue weighted by molar-refractivity contribution is 0.0944. The van der Waals surface area contributed by atoms with E-state index >= 15 is 0 Å². The Hall–Kier alpha value is -1.75. The zero-order valence-corrected chi connectivity index (χ0v) is 12.2. The Bertz CT molecular complexity index is 498. The van der Waals surface area contributed by atoms with E-state index in [-0.39, 0.29) is 5.91 Å². The van der Waals surface area contributed by atoms with Crippen LogP contribution in [0.15, 0.2) is 18.2 Å². The molecule has 0 bridgehead atoms. The first-order valence-electron chi connectivity index (χ1n) is 7.71. The maximum Gasteiger partial charge on any atom is 0.251 e. The molecule has 2 aliphatic rings. The lowest BCUT2D eigenvalue weighted by Crippen LogP contribution is -2.38.